The third-order valence-corrected chi connectivity index (χ3v) is 18.7. The van der Waals surface area contributed by atoms with Crippen molar-refractivity contribution in [2.75, 3.05) is 39.5 Å². The number of carbonyl (C=O) groups is 2. The van der Waals surface area contributed by atoms with E-state index in [4.69, 9.17) is 0 Å². The largest absolute Gasteiger partial charge is 0.480 e. The SMILES string of the molecule is C=C(C)[C@@H]1CC[C@]2(NCCN3CCC(C(=O)O)(C(=O)O)CC3)CC[C@]3(C)[C@H](CC[C@@H]4[C@@]5(C)CC=C(C6=CC[C@](CO)(CF)CC6)C(C)(C)[C@@H]5CC[C@]43C)[C@@H]12. The molecule has 5 fully saturated rings. The number of nitrogens with zero attached hydrogens (tertiary/aromatic N) is 1. The Morgan fingerprint density at radius 1 is 0.870 bits per heavy atom. The van der Waals surface area contributed by atoms with Gasteiger partial charge in [-0.1, -0.05) is 58.9 Å². The highest BCUT2D eigenvalue weighted by molar-refractivity contribution is 5.98. The standard InChI is InChI=1S/C46H71FN2O5/c1-30(2)32-12-19-46(48-24-27-49-25-22-45(23-26-49,38(51)52)39(53)54)21-20-42(6)34(37(32)46)8-9-36-41(5)15-13-33(31-10-17-44(28-47,29-50)18-11-31)40(3,4)35(41)14-16-43(36,42)7/h10,13,32,34-37,48,50H,1,8-9,11-12,14-29H2,2-7H3,(H,51,52)(H,53,54)/t32-,34+,35-,36+,37+,41-,42+,43+,44+,46-/m0/s1. The van der Waals surface area contributed by atoms with Gasteiger partial charge in [0.15, 0.2) is 5.41 Å². The third-order valence-electron chi connectivity index (χ3n) is 18.7. The quantitative estimate of drug-likeness (QED) is 0.131. The molecule has 10 atom stereocenters. The predicted octanol–water partition coefficient (Wildman–Crippen LogP) is 8.83. The van der Waals surface area contributed by atoms with Crippen molar-refractivity contribution in [1.29, 1.82) is 0 Å². The first-order valence-electron chi connectivity index (χ1n) is 21.6. The highest BCUT2D eigenvalue weighted by atomic mass is 19.1. The lowest BCUT2D eigenvalue weighted by atomic mass is 9.33. The molecule has 0 aromatic heterocycles. The van der Waals surface area contributed by atoms with Crippen molar-refractivity contribution in [3.63, 3.8) is 0 Å². The zero-order valence-corrected chi connectivity index (χ0v) is 34.4. The van der Waals surface area contributed by atoms with E-state index < -0.39 is 29.4 Å². The van der Waals surface area contributed by atoms with Gasteiger partial charge in [-0.25, -0.2) is 0 Å². The van der Waals surface area contributed by atoms with Crippen LogP contribution in [0.25, 0.3) is 0 Å². The van der Waals surface area contributed by atoms with Crippen molar-refractivity contribution in [3.05, 3.63) is 35.5 Å². The van der Waals surface area contributed by atoms with E-state index in [9.17, 15) is 29.3 Å². The Balaban J connectivity index is 1.10. The second-order valence-corrected chi connectivity index (χ2v) is 21.1. The lowest BCUT2D eigenvalue weighted by molar-refractivity contribution is -0.221. The maximum absolute atomic E-state index is 14.0. The van der Waals surface area contributed by atoms with Crippen LogP contribution in [0.3, 0.4) is 0 Å². The van der Waals surface area contributed by atoms with Gasteiger partial charge in [-0.05, 0) is 172 Å². The molecule has 0 unspecified atom stereocenters. The number of piperidine rings is 1. The summed E-state index contributed by atoms with van der Waals surface area (Å²) < 4.78 is 14.0. The van der Waals surface area contributed by atoms with Crippen LogP contribution in [-0.4, -0.2) is 77.2 Å². The summed E-state index contributed by atoms with van der Waals surface area (Å²) in [6.45, 7) is 22.0. The first-order chi connectivity index (χ1) is 25.4. The Bertz CT molecular complexity index is 1560. The number of nitrogens with one attached hydrogen (secondary N) is 1. The Morgan fingerprint density at radius 3 is 2.17 bits per heavy atom. The molecule has 0 amide bonds. The van der Waals surface area contributed by atoms with Crippen molar-refractivity contribution in [2.45, 2.75) is 137 Å². The predicted molar refractivity (Wildman–Crippen MR) is 212 cm³/mol. The molecule has 4 saturated carbocycles. The van der Waals surface area contributed by atoms with E-state index in [2.05, 4.69) is 70.5 Å². The van der Waals surface area contributed by atoms with Gasteiger partial charge in [0.05, 0.1) is 13.3 Å². The summed E-state index contributed by atoms with van der Waals surface area (Å²) in [6.07, 6.45) is 18.3. The molecule has 8 heteroatoms. The minimum Gasteiger partial charge on any atom is -0.480 e. The van der Waals surface area contributed by atoms with E-state index in [1.54, 1.807) is 0 Å². The van der Waals surface area contributed by atoms with Crippen LogP contribution in [0.4, 0.5) is 4.39 Å². The van der Waals surface area contributed by atoms with Gasteiger partial charge >= 0.3 is 11.9 Å². The molecule has 7 nitrogen and oxygen atoms in total. The van der Waals surface area contributed by atoms with Gasteiger partial charge < -0.3 is 25.5 Å². The minimum atomic E-state index is -1.66. The lowest BCUT2D eigenvalue weighted by Gasteiger charge is -2.72. The van der Waals surface area contributed by atoms with Crippen molar-refractivity contribution < 1.29 is 29.3 Å². The van der Waals surface area contributed by atoms with Crippen molar-refractivity contribution in [1.82, 2.24) is 10.2 Å². The number of carboxylic acid groups (broad SMARTS) is 2. The molecular weight excluding hydrogens is 680 g/mol. The number of aliphatic carboxylic acids is 2. The van der Waals surface area contributed by atoms with Crippen molar-refractivity contribution in [2.24, 2.45) is 62.1 Å². The average molecular weight is 751 g/mol. The van der Waals surface area contributed by atoms with E-state index in [0.717, 1.165) is 32.4 Å². The summed E-state index contributed by atoms with van der Waals surface area (Å²) in [5.41, 5.74) is 2.81. The van der Waals surface area contributed by atoms with E-state index in [0.29, 0.717) is 49.1 Å². The highest BCUT2D eigenvalue weighted by Crippen LogP contribution is 2.76. The zero-order valence-electron chi connectivity index (χ0n) is 34.4. The molecule has 1 aliphatic heterocycles. The van der Waals surface area contributed by atoms with Gasteiger partial charge in [0.1, 0.15) is 0 Å². The van der Waals surface area contributed by atoms with Crippen LogP contribution in [-0.2, 0) is 9.59 Å². The molecular formula is C46H71FN2O5. The lowest BCUT2D eigenvalue weighted by Crippen LogP contribution is -2.68. The fraction of sp³-hybridized carbons (Fsp3) is 0.826. The number of carboxylic acids is 2. The number of hydrogen-bond acceptors (Lipinski definition) is 5. The number of halogens is 1. The van der Waals surface area contributed by atoms with Crippen LogP contribution in [0.1, 0.15) is 131 Å². The van der Waals surface area contributed by atoms with E-state index in [1.807, 2.05) is 0 Å². The van der Waals surface area contributed by atoms with Crippen LogP contribution >= 0.6 is 0 Å². The molecule has 7 aliphatic rings. The van der Waals surface area contributed by atoms with Gasteiger partial charge in [0, 0.05) is 24.0 Å². The second kappa shape index (κ2) is 13.8. The molecule has 0 radical (unpaired) electrons. The van der Waals surface area contributed by atoms with E-state index in [1.165, 1.54) is 68.1 Å². The monoisotopic (exact) mass is 751 g/mol. The molecule has 0 aromatic rings. The first kappa shape index (κ1) is 40.2. The number of hydrogen-bond donors (Lipinski definition) is 4. The maximum Gasteiger partial charge on any atom is 0.321 e. The van der Waals surface area contributed by atoms with Gasteiger partial charge in [-0.15, -0.1) is 0 Å². The molecule has 0 bridgehead atoms. The number of fused-ring (bicyclic) bond motifs is 7. The fourth-order valence-electron chi connectivity index (χ4n) is 15.2. The second-order valence-electron chi connectivity index (χ2n) is 21.1. The Labute approximate surface area is 324 Å². The Morgan fingerprint density at radius 2 is 1.57 bits per heavy atom. The number of aliphatic hydroxyl groups is 1. The summed E-state index contributed by atoms with van der Waals surface area (Å²) in [7, 11) is 0. The smallest absolute Gasteiger partial charge is 0.321 e. The van der Waals surface area contributed by atoms with Crippen molar-refractivity contribution >= 4 is 11.9 Å². The summed E-state index contributed by atoms with van der Waals surface area (Å²) in [5, 5.41) is 33.6. The number of rotatable bonds is 10. The molecule has 1 saturated heterocycles. The van der Waals surface area contributed by atoms with Crippen LogP contribution in [0.5, 0.6) is 0 Å². The molecule has 0 spiro atoms. The first-order valence-corrected chi connectivity index (χ1v) is 21.6. The molecule has 302 valence electrons. The van der Waals surface area contributed by atoms with Gasteiger partial charge in [-0.3, -0.25) is 14.0 Å². The summed E-state index contributed by atoms with van der Waals surface area (Å²) in [6, 6.07) is 0. The number of aliphatic hydroxyl groups excluding tert-OH is 1. The van der Waals surface area contributed by atoms with Gasteiger partial charge in [0.2, 0.25) is 0 Å². The number of allylic oxidation sites excluding steroid dienone is 5. The van der Waals surface area contributed by atoms with E-state index >= 15 is 0 Å². The van der Waals surface area contributed by atoms with Crippen LogP contribution in [0.2, 0.25) is 0 Å². The number of likely N-dealkylation sites (tertiary alicyclic amines) is 1. The zero-order chi connectivity index (χ0) is 39.1. The molecule has 0 aromatic carbocycles. The van der Waals surface area contributed by atoms with Gasteiger partial charge in [0.25, 0.3) is 0 Å². The number of alkyl halides is 1. The summed E-state index contributed by atoms with van der Waals surface area (Å²) in [4.78, 5) is 26.0. The summed E-state index contributed by atoms with van der Waals surface area (Å²) in [5.74, 6) is 0.527. The molecule has 54 heavy (non-hydrogen) atoms. The maximum atomic E-state index is 14.0. The Kier molecular flexibility index (Phi) is 10.3. The van der Waals surface area contributed by atoms with E-state index in [-0.39, 0.29) is 46.6 Å². The van der Waals surface area contributed by atoms with Crippen LogP contribution in [0.15, 0.2) is 35.5 Å². The molecule has 4 N–H and O–H groups in total. The molecule has 6 aliphatic carbocycles. The topological polar surface area (TPSA) is 110 Å². The molecule has 7 rings (SSSR count). The van der Waals surface area contributed by atoms with Crippen LogP contribution in [0, 0.1) is 62.1 Å². The highest BCUT2D eigenvalue weighted by Gasteiger charge is 2.70. The van der Waals surface area contributed by atoms with Crippen molar-refractivity contribution in [3.8, 4) is 0 Å². The van der Waals surface area contributed by atoms with Gasteiger partial charge in [-0.2, -0.15) is 0 Å². The fourth-order valence-corrected chi connectivity index (χ4v) is 15.2. The average Bonchev–Trinajstić information content (AvgIpc) is 3.52. The minimum absolute atomic E-state index is 0.0477. The van der Waals surface area contributed by atoms with Crippen LogP contribution < -0.4 is 5.32 Å². The molecule has 1 heterocycles. The third kappa shape index (κ3) is 5.78. The normalized spacial score (nSPS) is 44.1. The summed E-state index contributed by atoms with van der Waals surface area (Å²) >= 11 is 0. The Hall–Kier alpha value is -2.03.